The van der Waals surface area contributed by atoms with Gasteiger partial charge in [0.2, 0.25) is 11.7 Å². The number of fused-ring (bicyclic) bond motifs is 1. The van der Waals surface area contributed by atoms with Gasteiger partial charge in [-0.3, -0.25) is 14.7 Å². The summed E-state index contributed by atoms with van der Waals surface area (Å²) in [4.78, 5) is 30.9. The molecule has 0 atom stereocenters. The molecule has 0 unspecified atom stereocenters. The zero-order valence-electron chi connectivity index (χ0n) is 15.6. The van der Waals surface area contributed by atoms with Crippen LogP contribution >= 0.6 is 0 Å². The molecule has 8 heteroatoms. The first-order chi connectivity index (χ1) is 14.3. The van der Waals surface area contributed by atoms with E-state index in [1.165, 1.54) is 0 Å². The lowest BCUT2D eigenvalue weighted by atomic mass is 10.1. The molecule has 1 aromatic carbocycles. The van der Waals surface area contributed by atoms with Gasteiger partial charge in [0.25, 0.3) is 5.56 Å². The molecular weight excluding hydrogens is 368 g/mol. The Labute approximate surface area is 166 Å². The Morgan fingerprint density at radius 2 is 1.93 bits per heavy atom. The van der Waals surface area contributed by atoms with Crippen LogP contribution in [0.2, 0.25) is 0 Å². The Bertz CT molecular complexity index is 1190. The molecule has 3 aromatic heterocycles. The lowest BCUT2D eigenvalue weighted by molar-refractivity contribution is 0.208. The van der Waals surface area contributed by atoms with Gasteiger partial charge in [-0.15, -0.1) is 0 Å². The van der Waals surface area contributed by atoms with Crippen molar-refractivity contribution in [2.45, 2.75) is 19.5 Å². The minimum atomic E-state index is -0.117. The highest BCUT2D eigenvalue weighted by Gasteiger charge is 2.23. The summed E-state index contributed by atoms with van der Waals surface area (Å²) in [7, 11) is 0. The quantitative estimate of drug-likeness (QED) is 0.575. The van der Waals surface area contributed by atoms with Gasteiger partial charge in [-0.1, -0.05) is 35.5 Å². The number of benzene rings is 1. The van der Waals surface area contributed by atoms with Gasteiger partial charge >= 0.3 is 0 Å². The summed E-state index contributed by atoms with van der Waals surface area (Å²) in [5, 5.41) is 4.06. The smallest absolute Gasteiger partial charge is 0.255 e. The van der Waals surface area contributed by atoms with Gasteiger partial charge in [0.05, 0.1) is 17.8 Å². The van der Waals surface area contributed by atoms with Crippen LogP contribution in [0, 0.1) is 0 Å². The molecule has 144 valence electrons. The van der Waals surface area contributed by atoms with Gasteiger partial charge in [0.1, 0.15) is 5.82 Å². The van der Waals surface area contributed by atoms with Gasteiger partial charge in [0, 0.05) is 43.0 Å². The molecule has 1 N–H and O–H groups in total. The molecule has 0 fully saturated rings. The summed E-state index contributed by atoms with van der Waals surface area (Å²) in [6, 6.07) is 13.4. The van der Waals surface area contributed by atoms with E-state index in [0.29, 0.717) is 42.6 Å². The molecule has 1 aliphatic rings. The maximum atomic E-state index is 12.7. The van der Waals surface area contributed by atoms with Gasteiger partial charge in [-0.05, 0) is 12.1 Å². The molecule has 0 bridgehead atoms. The van der Waals surface area contributed by atoms with Crippen molar-refractivity contribution in [3.63, 3.8) is 0 Å². The Balaban J connectivity index is 1.34. The summed E-state index contributed by atoms with van der Waals surface area (Å²) in [5.41, 5.74) is 3.12. The van der Waals surface area contributed by atoms with Crippen LogP contribution in [0.25, 0.3) is 22.8 Å². The van der Waals surface area contributed by atoms with Crippen molar-refractivity contribution < 1.29 is 4.52 Å². The van der Waals surface area contributed by atoms with E-state index in [-0.39, 0.29) is 5.56 Å². The second-order valence-corrected chi connectivity index (χ2v) is 6.92. The van der Waals surface area contributed by atoms with E-state index >= 15 is 0 Å². The first-order valence-corrected chi connectivity index (χ1v) is 9.39. The van der Waals surface area contributed by atoms with E-state index < -0.39 is 0 Å². The van der Waals surface area contributed by atoms with E-state index in [9.17, 15) is 4.79 Å². The van der Waals surface area contributed by atoms with Crippen molar-refractivity contribution in [2.24, 2.45) is 0 Å². The van der Waals surface area contributed by atoms with Crippen molar-refractivity contribution in [1.82, 2.24) is 30.0 Å². The van der Waals surface area contributed by atoms with Crippen LogP contribution < -0.4 is 5.56 Å². The monoisotopic (exact) mass is 386 g/mol. The number of rotatable bonds is 4. The number of nitrogens with one attached hydrogen (secondary N) is 1. The molecule has 1 aliphatic heterocycles. The summed E-state index contributed by atoms with van der Waals surface area (Å²) >= 11 is 0. The first-order valence-electron chi connectivity index (χ1n) is 9.39. The summed E-state index contributed by atoms with van der Waals surface area (Å²) in [5.74, 6) is 1.65. The Morgan fingerprint density at radius 3 is 2.76 bits per heavy atom. The second kappa shape index (κ2) is 7.40. The van der Waals surface area contributed by atoms with Crippen LogP contribution in [0.5, 0.6) is 0 Å². The first kappa shape index (κ1) is 17.4. The highest BCUT2D eigenvalue weighted by Crippen LogP contribution is 2.20. The number of aromatic nitrogens is 5. The largest absolute Gasteiger partial charge is 0.338 e. The highest BCUT2D eigenvalue weighted by atomic mass is 16.5. The highest BCUT2D eigenvalue weighted by molar-refractivity contribution is 5.54. The molecule has 4 heterocycles. The molecule has 5 rings (SSSR count). The van der Waals surface area contributed by atoms with Crippen molar-refractivity contribution in [3.8, 4) is 22.8 Å². The second-order valence-electron chi connectivity index (χ2n) is 6.92. The minimum absolute atomic E-state index is 0.117. The van der Waals surface area contributed by atoms with Crippen molar-refractivity contribution >= 4 is 0 Å². The fourth-order valence-electron chi connectivity index (χ4n) is 3.47. The predicted molar refractivity (Wildman–Crippen MR) is 106 cm³/mol. The molecule has 4 aromatic rings. The van der Waals surface area contributed by atoms with Gasteiger partial charge in [-0.2, -0.15) is 4.98 Å². The SMILES string of the molecule is O=c1[nH]c(-c2cccnc2)nc2c1CN(Cc1nc(-c3ccccc3)no1)CC2. The summed E-state index contributed by atoms with van der Waals surface area (Å²) in [6.45, 7) is 1.75. The molecule has 0 radical (unpaired) electrons. The Kier molecular flexibility index (Phi) is 4.45. The fourth-order valence-corrected chi connectivity index (χ4v) is 3.47. The van der Waals surface area contributed by atoms with E-state index in [1.807, 2.05) is 42.5 Å². The van der Waals surface area contributed by atoms with E-state index in [4.69, 9.17) is 4.52 Å². The van der Waals surface area contributed by atoms with E-state index in [0.717, 1.165) is 23.4 Å². The molecule has 0 saturated heterocycles. The van der Waals surface area contributed by atoms with Crippen LogP contribution in [0.3, 0.4) is 0 Å². The zero-order valence-corrected chi connectivity index (χ0v) is 15.6. The molecule has 0 amide bonds. The normalized spacial score (nSPS) is 13.9. The zero-order chi connectivity index (χ0) is 19.6. The molecular formula is C21H18N6O2. The lowest BCUT2D eigenvalue weighted by Crippen LogP contribution is -2.35. The molecule has 8 nitrogen and oxygen atoms in total. The van der Waals surface area contributed by atoms with E-state index in [2.05, 4.69) is 30.0 Å². The number of nitrogens with zero attached hydrogens (tertiary/aromatic N) is 5. The van der Waals surface area contributed by atoms with Crippen molar-refractivity contribution in [2.75, 3.05) is 6.54 Å². The van der Waals surface area contributed by atoms with Crippen LogP contribution in [0.15, 0.2) is 64.2 Å². The number of H-pyrrole nitrogens is 1. The van der Waals surface area contributed by atoms with Gasteiger partial charge in [0.15, 0.2) is 0 Å². The van der Waals surface area contributed by atoms with Crippen LogP contribution in [-0.4, -0.2) is 36.5 Å². The van der Waals surface area contributed by atoms with Crippen LogP contribution in [0.1, 0.15) is 17.1 Å². The maximum Gasteiger partial charge on any atom is 0.255 e. The number of hydrogen-bond donors (Lipinski definition) is 1. The summed E-state index contributed by atoms with van der Waals surface area (Å²) < 4.78 is 5.41. The van der Waals surface area contributed by atoms with Crippen molar-refractivity contribution in [3.05, 3.63) is 82.4 Å². The van der Waals surface area contributed by atoms with Crippen molar-refractivity contribution in [1.29, 1.82) is 0 Å². The molecule has 0 spiro atoms. The van der Waals surface area contributed by atoms with E-state index in [1.54, 1.807) is 12.4 Å². The van der Waals surface area contributed by atoms with Crippen LogP contribution in [0.4, 0.5) is 0 Å². The molecule has 29 heavy (non-hydrogen) atoms. The maximum absolute atomic E-state index is 12.7. The average molecular weight is 386 g/mol. The standard InChI is InChI=1S/C21H18N6O2/c28-21-16-12-27(13-18-24-20(26-29-18)14-5-2-1-3-6-14)10-8-17(16)23-19(25-21)15-7-4-9-22-11-15/h1-7,9,11H,8,10,12-13H2,(H,23,25,28). The third-order valence-electron chi connectivity index (χ3n) is 4.94. The fraction of sp³-hybridized carbons (Fsp3) is 0.190. The topological polar surface area (TPSA) is 101 Å². The average Bonchev–Trinajstić information content (AvgIpc) is 3.24. The Hall–Kier alpha value is -3.65. The number of hydrogen-bond acceptors (Lipinski definition) is 7. The number of pyridine rings is 1. The number of aromatic amines is 1. The predicted octanol–water partition coefficient (Wildman–Crippen LogP) is 2.44. The Morgan fingerprint density at radius 1 is 1.07 bits per heavy atom. The third-order valence-corrected chi connectivity index (χ3v) is 4.94. The van der Waals surface area contributed by atoms with Gasteiger partial charge < -0.3 is 9.51 Å². The minimum Gasteiger partial charge on any atom is -0.338 e. The lowest BCUT2D eigenvalue weighted by Gasteiger charge is -2.26. The van der Waals surface area contributed by atoms with Crippen LogP contribution in [-0.2, 0) is 19.5 Å². The molecule has 0 saturated carbocycles. The van der Waals surface area contributed by atoms with Gasteiger partial charge in [-0.25, -0.2) is 4.98 Å². The molecule has 0 aliphatic carbocycles. The summed E-state index contributed by atoms with van der Waals surface area (Å²) in [6.07, 6.45) is 4.07. The third kappa shape index (κ3) is 3.57.